The number of pyridine rings is 1. The van der Waals surface area contributed by atoms with Crippen molar-refractivity contribution in [2.24, 2.45) is 5.41 Å². The molecule has 2 N–H and O–H groups in total. The van der Waals surface area contributed by atoms with Gasteiger partial charge in [0.15, 0.2) is 0 Å². The highest BCUT2D eigenvalue weighted by Gasteiger charge is 2.41. The summed E-state index contributed by atoms with van der Waals surface area (Å²) in [6, 6.07) is 2.92. The summed E-state index contributed by atoms with van der Waals surface area (Å²) in [4.78, 5) is 15.2. The van der Waals surface area contributed by atoms with Crippen LogP contribution in [0.15, 0.2) is 29.4 Å². The first-order valence-electron chi connectivity index (χ1n) is 6.17. The molecule has 1 aliphatic heterocycles. The van der Waals surface area contributed by atoms with Crippen LogP contribution in [0.1, 0.15) is 12.8 Å². The Hall–Kier alpha value is -1.51. The predicted molar refractivity (Wildman–Crippen MR) is 69.5 cm³/mol. The van der Waals surface area contributed by atoms with E-state index in [-0.39, 0.29) is 24.3 Å². The molecule has 0 bridgehead atoms. The van der Waals surface area contributed by atoms with Gasteiger partial charge in [0.2, 0.25) is 10.0 Å². The highest BCUT2D eigenvalue weighted by molar-refractivity contribution is 7.89. The molecular formula is C12H16N2O5S. The fraction of sp³-hybridized carbons (Fsp3) is 0.500. The van der Waals surface area contributed by atoms with Crippen molar-refractivity contribution < 1.29 is 23.1 Å². The molecule has 0 aromatic carbocycles. The lowest BCUT2D eigenvalue weighted by Crippen LogP contribution is -2.46. The molecule has 1 aromatic rings. The minimum Gasteiger partial charge on any atom is -0.481 e. The summed E-state index contributed by atoms with van der Waals surface area (Å²) >= 11 is 0. The summed E-state index contributed by atoms with van der Waals surface area (Å²) in [5, 5.41) is 9.35. The number of aromatic nitrogens is 1. The standard InChI is InChI=1S/C12H16N2O5S/c15-11(16)12(3-6-19-7-4-12)9-14-20(17,18)10-2-1-5-13-8-10/h1-2,5,8,14H,3-4,6-7,9H2,(H,15,16). The molecule has 1 saturated heterocycles. The number of rotatable bonds is 5. The van der Waals surface area contributed by atoms with Gasteiger partial charge in [0.05, 0.1) is 5.41 Å². The summed E-state index contributed by atoms with van der Waals surface area (Å²) in [5.41, 5.74) is -1.10. The van der Waals surface area contributed by atoms with E-state index in [1.807, 2.05) is 0 Å². The van der Waals surface area contributed by atoms with Crippen LogP contribution in [-0.4, -0.2) is 44.2 Å². The van der Waals surface area contributed by atoms with Crippen LogP contribution in [0.2, 0.25) is 0 Å². The zero-order chi connectivity index (χ0) is 14.6. The predicted octanol–water partition coefficient (Wildman–Crippen LogP) is 0.241. The third kappa shape index (κ3) is 3.14. The van der Waals surface area contributed by atoms with Gasteiger partial charge in [-0.2, -0.15) is 0 Å². The molecular weight excluding hydrogens is 284 g/mol. The molecule has 0 aliphatic carbocycles. The molecule has 2 rings (SSSR count). The molecule has 0 unspecified atom stereocenters. The topological polar surface area (TPSA) is 106 Å². The number of carboxylic acids is 1. The van der Waals surface area contributed by atoms with E-state index in [4.69, 9.17) is 4.74 Å². The zero-order valence-electron chi connectivity index (χ0n) is 10.8. The van der Waals surface area contributed by atoms with E-state index in [1.165, 1.54) is 24.5 Å². The SMILES string of the molecule is O=C(O)C1(CNS(=O)(=O)c2cccnc2)CCOCC1. The van der Waals surface area contributed by atoms with Gasteiger partial charge < -0.3 is 9.84 Å². The van der Waals surface area contributed by atoms with Gasteiger partial charge in [0.25, 0.3) is 0 Å². The Morgan fingerprint density at radius 3 is 2.70 bits per heavy atom. The second-order valence-corrected chi connectivity index (χ2v) is 6.48. The highest BCUT2D eigenvalue weighted by atomic mass is 32.2. The minimum absolute atomic E-state index is 0.0209. The van der Waals surface area contributed by atoms with E-state index in [2.05, 4.69) is 9.71 Å². The Balaban J connectivity index is 2.12. The number of sulfonamides is 1. The maximum absolute atomic E-state index is 12.1. The summed E-state index contributed by atoms with van der Waals surface area (Å²) in [6.07, 6.45) is 3.27. The van der Waals surface area contributed by atoms with Gasteiger partial charge >= 0.3 is 5.97 Å². The van der Waals surface area contributed by atoms with Crippen molar-refractivity contribution in [3.05, 3.63) is 24.5 Å². The zero-order valence-corrected chi connectivity index (χ0v) is 11.6. The largest absolute Gasteiger partial charge is 0.481 e. The molecule has 110 valence electrons. The molecule has 0 amide bonds. The van der Waals surface area contributed by atoms with Gasteiger partial charge in [-0.15, -0.1) is 0 Å². The van der Waals surface area contributed by atoms with E-state index >= 15 is 0 Å². The Morgan fingerprint density at radius 1 is 1.45 bits per heavy atom. The van der Waals surface area contributed by atoms with Crippen molar-refractivity contribution in [1.82, 2.24) is 9.71 Å². The second-order valence-electron chi connectivity index (χ2n) is 4.71. The monoisotopic (exact) mass is 300 g/mol. The first kappa shape index (κ1) is 14.9. The van der Waals surface area contributed by atoms with Crippen LogP contribution in [0, 0.1) is 5.41 Å². The van der Waals surface area contributed by atoms with E-state index in [0.29, 0.717) is 13.2 Å². The highest BCUT2D eigenvalue weighted by Crippen LogP contribution is 2.30. The van der Waals surface area contributed by atoms with Crippen LogP contribution in [0.25, 0.3) is 0 Å². The van der Waals surface area contributed by atoms with Gasteiger partial charge in [-0.1, -0.05) is 0 Å². The number of carbonyl (C=O) groups is 1. The smallest absolute Gasteiger partial charge is 0.311 e. The van der Waals surface area contributed by atoms with Crippen LogP contribution in [0.3, 0.4) is 0 Å². The van der Waals surface area contributed by atoms with Crippen molar-refractivity contribution in [2.75, 3.05) is 19.8 Å². The Labute approximate surface area is 117 Å². The third-order valence-corrected chi connectivity index (χ3v) is 4.84. The minimum atomic E-state index is -3.75. The fourth-order valence-electron chi connectivity index (χ4n) is 2.05. The number of hydrogen-bond donors (Lipinski definition) is 2. The Bertz CT molecular complexity index is 567. The lowest BCUT2D eigenvalue weighted by Gasteiger charge is -2.32. The molecule has 0 spiro atoms. The molecule has 0 radical (unpaired) electrons. The van der Waals surface area contributed by atoms with Crippen LogP contribution in [-0.2, 0) is 19.6 Å². The number of ether oxygens (including phenoxy) is 1. The first-order valence-corrected chi connectivity index (χ1v) is 7.65. The van der Waals surface area contributed by atoms with Gasteiger partial charge in [-0.05, 0) is 25.0 Å². The van der Waals surface area contributed by atoms with E-state index in [0.717, 1.165) is 0 Å². The van der Waals surface area contributed by atoms with E-state index in [9.17, 15) is 18.3 Å². The van der Waals surface area contributed by atoms with Gasteiger partial charge in [0, 0.05) is 32.2 Å². The lowest BCUT2D eigenvalue weighted by molar-refractivity contribution is -0.154. The number of carboxylic acid groups (broad SMARTS) is 1. The number of nitrogens with zero attached hydrogens (tertiary/aromatic N) is 1. The molecule has 2 heterocycles. The summed E-state index contributed by atoms with van der Waals surface area (Å²) in [5.74, 6) is -1.00. The number of hydrogen-bond acceptors (Lipinski definition) is 5. The normalized spacial score (nSPS) is 18.6. The fourth-order valence-corrected chi connectivity index (χ4v) is 3.14. The first-order chi connectivity index (χ1) is 9.46. The maximum atomic E-state index is 12.1. The van der Waals surface area contributed by atoms with Crippen molar-refractivity contribution in [3.63, 3.8) is 0 Å². The van der Waals surface area contributed by atoms with Crippen molar-refractivity contribution in [2.45, 2.75) is 17.7 Å². The lowest BCUT2D eigenvalue weighted by atomic mass is 9.80. The molecule has 1 aromatic heterocycles. The Morgan fingerprint density at radius 2 is 2.15 bits per heavy atom. The summed E-state index contributed by atoms with van der Waals surface area (Å²) < 4.78 is 31.6. The maximum Gasteiger partial charge on any atom is 0.311 e. The third-order valence-electron chi connectivity index (χ3n) is 3.45. The molecule has 1 fully saturated rings. The van der Waals surface area contributed by atoms with Crippen LogP contribution >= 0.6 is 0 Å². The van der Waals surface area contributed by atoms with Crippen LogP contribution in [0.5, 0.6) is 0 Å². The van der Waals surface area contributed by atoms with Gasteiger partial charge in [-0.3, -0.25) is 9.78 Å². The average molecular weight is 300 g/mol. The van der Waals surface area contributed by atoms with E-state index < -0.39 is 21.4 Å². The molecule has 20 heavy (non-hydrogen) atoms. The van der Waals surface area contributed by atoms with E-state index in [1.54, 1.807) is 0 Å². The van der Waals surface area contributed by atoms with Gasteiger partial charge in [0.1, 0.15) is 4.90 Å². The summed E-state index contributed by atoms with van der Waals surface area (Å²) in [6.45, 7) is 0.491. The van der Waals surface area contributed by atoms with Crippen molar-refractivity contribution >= 4 is 16.0 Å². The quantitative estimate of drug-likeness (QED) is 0.807. The molecule has 1 aliphatic rings. The average Bonchev–Trinajstić information content (AvgIpc) is 2.47. The molecule has 8 heteroatoms. The van der Waals surface area contributed by atoms with Crippen molar-refractivity contribution in [1.29, 1.82) is 0 Å². The molecule has 7 nitrogen and oxygen atoms in total. The Kier molecular flexibility index (Phi) is 4.36. The molecule has 0 saturated carbocycles. The van der Waals surface area contributed by atoms with Crippen LogP contribution < -0.4 is 4.72 Å². The molecule has 0 atom stereocenters. The number of nitrogens with one attached hydrogen (secondary N) is 1. The number of aliphatic carboxylic acids is 1. The van der Waals surface area contributed by atoms with Crippen LogP contribution in [0.4, 0.5) is 0 Å². The van der Waals surface area contributed by atoms with Crippen molar-refractivity contribution in [3.8, 4) is 0 Å². The second kappa shape index (κ2) is 5.86. The summed E-state index contributed by atoms with van der Waals surface area (Å²) in [7, 11) is -3.75. The van der Waals surface area contributed by atoms with Gasteiger partial charge in [-0.25, -0.2) is 13.1 Å².